The molecule has 0 aromatic heterocycles. The van der Waals surface area contributed by atoms with Crippen LogP contribution in [0.3, 0.4) is 0 Å². The van der Waals surface area contributed by atoms with Crippen molar-refractivity contribution in [3.8, 4) is 5.75 Å². The summed E-state index contributed by atoms with van der Waals surface area (Å²) in [5.74, 6) is -0.875. The van der Waals surface area contributed by atoms with Gasteiger partial charge in [0.15, 0.2) is 5.75 Å². The molecule has 1 amide bonds. The molecule has 4 aromatic rings. The number of carbonyl (C=O) groups is 1. The van der Waals surface area contributed by atoms with Crippen LogP contribution in [-0.4, -0.2) is 17.2 Å². The fourth-order valence-corrected chi connectivity index (χ4v) is 4.85. The molecule has 4 aromatic carbocycles. The lowest BCUT2D eigenvalue weighted by Gasteiger charge is -2.29. The van der Waals surface area contributed by atoms with Gasteiger partial charge in [0.05, 0.1) is 17.5 Å². The van der Waals surface area contributed by atoms with Gasteiger partial charge in [-0.05, 0) is 48.1 Å². The maximum absolute atomic E-state index is 12.9. The highest BCUT2D eigenvalue weighted by molar-refractivity contribution is 6.33. The number of nitrogens with one attached hydrogen (secondary N) is 1. The summed E-state index contributed by atoms with van der Waals surface area (Å²) in [5, 5.41) is 25.7. The molecule has 0 heterocycles. The van der Waals surface area contributed by atoms with E-state index in [0.29, 0.717) is 21.7 Å². The number of halogens is 1. The van der Waals surface area contributed by atoms with Crippen LogP contribution in [0.5, 0.6) is 5.75 Å². The molecule has 0 aliphatic heterocycles. The van der Waals surface area contributed by atoms with Crippen LogP contribution in [0.25, 0.3) is 10.8 Å². The number of fused-ring (bicyclic) bond motifs is 1. The van der Waals surface area contributed by atoms with Crippen molar-refractivity contribution < 1.29 is 9.90 Å². The minimum atomic E-state index is -0.589. The van der Waals surface area contributed by atoms with Crippen molar-refractivity contribution in [1.29, 1.82) is 0 Å². The number of nitrogens with zero attached hydrogens (tertiary/aromatic N) is 3. The molecular weight excluding hydrogens is 510 g/mol. The normalized spacial score (nSPS) is 12.0. The Labute approximate surface area is 233 Å². The van der Waals surface area contributed by atoms with Crippen LogP contribution >= 0.6 is 11.6 Å². The van der Waals surface area contributed by atoms with Gasteiger partial charge in [-0.3, -0.25) is 4.79 Å². The highest BCUT2D eigenvalue weighted by Crippen LogP contribution is 2.39. The van der Waals surface area contributed by atoms with Gasteiger partial charge in [-0.25, -0.2) is 5.43 Å². The molecule has 0 unspecified atom stereocenters. The lowest BCUT2D eigenvalue weighted by atomic mass is 9.83. The number of phenolic OH excluding ortho intramolecular Hbond substituents is 1. The quantitative estimate of drug-likeness (QED) is 0.107. The van der Waals surface area contributed by atoms with E-state index in [1.165, 1.54) is 6.21 Å². The molecule has 0 spiro atoms. The van der Waals surface area contributed by atoms with Gasteiger partial charge in [0.25, 0.3) is 5.91 Å². The molecule has 39 heavy (non-hydrogen) atoms. The molecule has 0 saturated heterocycles. The Hall–Kier alpha value is -4.07. The van der Waals surface area contributed by atoms with E-state index in [9.17, 15) is 9.90 Å². The van der Waals surface area contributed by atoms with Gasteiger partial charge >= 0.3 is 0 Å². The summed E-state index contributed by atoms with van der Waals surface area (Å²) in [5.41, 5.74) is 11.3. The molecule has 4 N–H and O–H groups in total. The fourth-order valence-electron chi connectivity index (χ4n) is 4.67. The predicted octanol–water partition coefficient (Wildman–Crippen LogP) is 8.13. The molecule has 7 nitrogen and oxygen atoms in total. The Morgan fingerprint density at radius 2 is 1.64 bits per heavy atom. The average Bonchev–Trinajstić information content (AvgIpc) is 2.94. The first-order valence-electron chi connectivity index (χ1n) is 13.0. The summed E-state index contributed by atoms with van der Waals surface area (Å²) >= 11 is 6.14. The highest BCUT2D eigenvalue weighted by atomic mass is 35.5. The van der Waals surface area contributed by atoms with Gasteiger partial charge in [-0.15, -0.1) is 5.11 Å². The van der Waals surface area contributed by atoms with Gasteiger partial charge in [0.1, 0.15) is 5.69 Å². The molecule has 0 aliphatic carbocycles. The van der Waals surface area contributed by atoms with Crippen molar-refractivity contribution >= 4 is 45.9 Å². The lowest BCUT2D eigenvalue weighted by Crippen LogP contribution is -2.36. The maximum atomic E-state index is 12.9. The first-order chi connectivity index (χ1) is 18.9. The second-order valence-corrected chi connectivity index (χ2v) is 9.87. The third-order valence-electron chi connectivity index (χ3n) is 6.61. The predicted molar refractivity (Wildman–Crippen MR) is 158 cm³/mol. The van der Waals surface area contributed by atoms with E-state index in [-0.39, 0.29) is 22.5 Å². The van der Waals surface area contributed by atoms with Gasteiger partial charge in [-0.1, -0.05) is 92.9 Å². The first-order valence-corrected chi connectivity index (χ1v) is 13.4. The summed E-state index contributed by atoms with van der Waals surface area (Å²) in [7, 11) is 0. The Morgan fingerprint density at radius 1 is 0.974 bits per heavy atom. The van der Waals surface area contributed by atoms with Crippen LogP contribution in [-0.2, 0) is 5.54 Å². The zero-order valence-electron chi connectivity index (χ0n) is 22.1. The van der Waals surface area contributed by atoms with Crippen molar-refractivity contribution in [3.63, 3.8) is 0 Å². The lowest BCUT2D eigenvalue weighted by molar-refractivity contribution is 0.0952. The Morgan fingerprint density at radius 3 is 2.33 bits per heavy atom. The molecule has 0 aliphatic rings. The van der Waals surface area contributed by atoms with Gasteiger partial charge < -0.3 is 10.8 Å². The number of hydrogen-bond donors (Lipinski definition) is 3. The maximum Gasteiger partial charge on any atom is 0.275 e. The molecule has 200 valence electrons. The van der Waals surface area contributed by atoms with E-state index in [1.807, 2.05) is 54.6 Å². The second kappa shape index (κ2) is 12.7. The number of aromatic hydroxyl groups is 1. The smallest absolute Gasteiger partial charge is 0.275 e. The third kappa shape index (κ3) is 6.50. The van der Waals surface area contributed by atoms with E-state index in [2.05, 4.69) is 34.6 Å². The van der Waals surface area contributed by atoms with Crippen molar-refractivity contribution in [1.82, 2.24) is 5.43 Å². The van der Waals surface area contributed by atoms with Crippen LogP contribution < -0.4 is 11.2 Å². The summed E-state index contributed by atoms with van der Waals surface area (Å²) in [6.07, 6.45) is 5.25. The minimum absolute atomic E-state index is 0.0290. The van der Waals surface area contributed by atoms with Gasteiger partial charge in [0.2, 0.25) is 0 Å². The van der Waals surface area contributed by atoms with Crippen LogP contribution in [0.15, 0.2) is 94.2 Å². The molecule has 0 bridgehead atoms. The number of hydrazone groups is 1. The summed E-state index contributed by atoms with van der Waals surface area (Å²) in [6.45, 7) is 4.27. The molecule has 0 saturated carbocycles. The number of azo groups is 1. The zero-order valence-corrected chi connectivity index (χ0v) is 22.8. The molecular formula is C31H32ClN5O2. The minimum Gasteiger partial charge on any atom is -0.505 e. The van der Waals surface area contributed by atoms with Crippen LogP contribution in [0.2, 0.25) is 5.02 Å². The second-order valence-electron chi connectivity index (χ2n) is 9.47. The molecule has 8 heteroatoms. The third-order valence-corrected chi connectivity index (χ3v) is 6.96. The highest BCUT2D eigenvalue weighted by Gasteiger charge is 2.25. The van der Waals surface area contributed by atoms with Crippen LogP contribution in [0.4, 0.5) is 11.4 Å². The van der Waals surface area contributed by atoms with Crippen LogP contribution in [0.1, 0.15) is 61.0 Å². The monoisotopic (exact) mass is 541 g/mol. The zero-order chi connectivity index (χ0) is 27.8. The molecule has 4 rings (SSSR count). The summed E-state index contributed by atoms with van der Waals surface area (Å²) < 4.78 is 0. The van der Waals surface area contributed by atoms with E-state index >= 15 is 0 Å². The van der Waals surface area contributed by atoms with Crippen molar-refractivity contribution in [2.45, 2.75) is 45.1 Å². The fraction of sp³-hybridized carbons (Fsp3) is 0.226. The van der Waals surface area contributed by atoms with E-state index in [4.69, 9.17) is 17.3 Å². The van der Waals surface area contributed by atoms with Crippen LogP contribution in [0, 0.1) is 0 Å². The molecule has 0 fully saturated rings. The van der Waals surface area contributed by atoms with Crippen molar-refractivity contribution in [2.75, 3.05) is 0 Å². The number of rotatable bonds is 10. The number of hydrogen-bond acceptors (Lipinski definition) is 6. The average molecular weight is 542 g/mol. The summed E-state index contributed by atoms with van der Waals surface area (Å²) in [4.78, 5) is 12.9. The standard InChI is InChI=1S/C31H32ClN5O2/c1-3-17-31(33,18-4-2)23-13-15-24(16-14-23)35-36-28-25-11-7-5-9-21(25)19-26(29(28)38)30(39)37-34-20-22-10-6-8-12-27(22)32/h5-16,19-20,38H,3-4,17-18,33H2,1-2H3,(H,37,39). The number of benzene rings is 4. The number of phenols is 1. The molecule has 0 radical (unpaired) electrons. The first kappa shape index (κ1) is 28.0. The van der Waals surface area contributed by atoms with E-state index in [1.54, 1.807) is 24.3 Å². The topological polar surface area (TPSA) is 112 Å². The van der Waals surface area contributed by atoms with Crippen molar-refractivity contribution in [3.05, 3.63) is 101 Å². The van der Waals surface area contributed by atoms with E-state index < -0.39 is 5.91 Å². The van der Waals surface area contributed by atoms with Crippen molar-refractivity contribution in [2.24, 2.45) is 21.1 Å². The van der Waals surface area contributed by atoms with Gasteiger partial charge in [0, 0.05) is 21.5 Å². The number of amides is 1. The SMILES string of the molecule is CCCC(N)(CCC)c1ccc(N=Nc2c(O)c(C(=O)NN=Cc3ccccc3Cl)cc3ccccc23)cc1. The number of carbonyl (C=O) groups excluding carboxylic acids is 1. The largest absolute Gasteiger partial charge is 0.505 e. The van der Waals surface area contributed by atoms with Gasteiger partial charge in [-0.2, -0.15) is 10.2 Å². The summed E-state index contributed by atoms with van der Waals surface area (Å²) in [6, 6.07) is 23.8. The van der Waals surface area contributed by atoms with E-state index in [0.717, 1.165) is 36.6 Å². The molecule has 0 atom stereocenters. The Balaban J connectivity index is 1.62. The Bertz CT molecular complexity index is 1510. The number of nitrogens with two attached hydrogens (primary N) is 1. The Kier molecular flexibility index (Phi) is 9.07.